The molecule has 21 heavy (non-hydrogen) atoms. The lowest BCUT2D eigenvalue weighted by Gasteiger charge is -2.36. The summed E-state index contributed by atoms with van der Waals surface area (Å²) in [4.78, 5) is 28.3. The van der Waals surface area contributed by atoms with Gasteiger partial charge in [0.1, 0.15) is 0 Å². The summed E-state index contributed by atoms with van der Waals surface area (Å²) in [5.74, 6) is 0.369. The fourth-order valence-electron chi connectivity index (χ4n) is 3.20. The molecule has 0 unspecified atom stereocenters. The highest BCUT2D eigenvalue weighted by Gasteiger charge is 2.30. The Bertz CT molecular complexity index is 487. The highest BCUT2D eigenvalue weighted by atomic mass is 16.2. The van der Waals surface area contributed by atoms with Crippen molar-refractivity contribution in [3.05, 3.63) is 11.9 Å². The van der Waals surface area contributed by atoms with Gasteiger partial charge in [-0.05, 0) is 12.8 Å². The molecule has 2 amide bonds. The van der Waals surface area contributed by atoms with E-state index in [4.69, 9.17) is 0 Å². The van der Waals surface area contributed by atoms with Gasteiger partial charge in [0.15, 0.2) is 5.69 Å². The Morgan fingerprint density at radius 3 is 2.33 bits per heavy atom. The Morgan fingerprint density at radius 2 is 1.71 bits per heavy atom. The minimum atomic E-state index is -0.117. The average Bonchev–Trinajstić information content (AvgIpc) is 3.09. The van der Waals surface area contributed by atoms with Crippen LogP contribution in [0.3, 0.4) is 0 Å². The predicted molar refractivity (Wildman–Crippen MR) is 75.4 cm³/mol. The number of nitrogens with one attached hydrogen (secondary N) is 1. The molecule has 0 spiro atoms. The highest BCUT2D eigenvalue weighted by Crippen LogP contribution is 2.25. The van der Waals surface area contributed by atoms with Gasteiger partial charge in [0.2, 0.25) is 5.91 Å². The van der Waals surface area contributed by atoms with E-state index in [2.05, 4.69) is 15.4 Å². The summed E-state index contributed by atoms with van der Waals surface area (Å²) in [6, 6.07) is 0. The third-order valence-electron chi connectivity index (χ3n) is 4.47. The van der Waals surface area contributed by atoms with Crippen molar-refractivity contribution in [1.82, 2.24) is 25.2 Å². The molecule has 3 rings (SSSR count). The molecule has 0 atom stereocenters. The van der Waals surface area contributed by atoms with Gasteiger partial charge in [0, 0.05) is 32.1 Å². The molecule has 1 saturated carbocycles. The van der Waals surface area contributed by atoms with Crippen molar-refractivity contribution in [3.63, 3.8) is 0 Å². The van der Waals surface area contributed by atoms with Crippen LogP contribution in [0.4, 0.5) is 0 Å². The predicted octanol–water partition coefficient (Wildman–Crippen LogP) is 0.669. The van der Waals surface area contributed by atoms with E-state index < -0.39 is 0 Å². The standard InChI is InChI=1S/C14H21N5O2/c20-13(11-4-2-1-3-5-11)18-6-8-19(9-7-18)14(21)12-10-15-17-16-12/h10-11H,1-9H2,(H,15,16,17). The molecule has 0 radical (unpaired) electrons. The fraction of sp³-hybridized carbons (Fsp3) is 0.714. The lowest BCUT2D eigenvalue weighted by Crippen LogP contribution is -2.52. The third-order valence-corrected chi connectivity index (χ3v) is 4.47. The Hall–Kier alpha value is -1.92. The molecule has 114 valence electrons. The van der Waals surface area contributed by atoms with Gasteiger partial charge >= 0.3 is 0 Å². The van der Waals surface area contributed by atoms with Crippen LogP contribution in [-0.4, -0.2) is 63.2 Å². The summed E-state index contributed by atoms with van der Waals surface area (Å²) >= 11 is 0. The molecule has 1 aliphatic carbocycles. The Kier molecular flexibility index (Phi) is 4.17. The summed E-state index contributed by atoms with van der Waals surface area (Å²) in [6.45, 7) is 2.39. The molecule has 1 N–H and O–H groups in total. The molecule has 1 saturated heterocycles. The van der Waals surface area contributed by atoms with E-state index in [0.29, 0.717) is 31.9 Å². The summed E-state index contributed by atoms with van der Waals surface area (Å²) in [7, 11) is 0. The maximum Gasteiger partial charge on any atom is 0.276 e. The first-order valence-electron chi connectivity index (χ1n) is 7.69. The first-order valence-corrected chi connectivity index (χ1v) is 7.69. The van der Waals surface area contributed by atoms with Gasteiger partial charge in [-0.2, -0.15) is 15.4 Å². The minimum Gasteiger partial charge on any atom is -0.339 e. The van der Waals surface area contributed by atoms with E-state index in [-0.39, 0.29) is 17.7 Å². The van der Waals surface area contributed by atoms with Gasteiger partial charge in [-0.1, -0.05) is 19.3 Å². The van der Waals surface area contributed by atoms with Crippen LogP contribution in [-0.2, 0) is 4.79 Å². The summed E-state index contributed by atoms with van der Waals surface area (Å²) < 4.78 is 0. The minimum absolute atomic E-state index is 0.117. The molecule has 7 heteroatoms. The van der Waals surface area contributed by atoms with Gasteiger partial charge in [0.25, 0.3) is 5.91 Å². The smallest absolute Gasteiger partial charge is 0.276 e. The SMILES string of the molecule is O=C(c1cn[nH]n1)N1CCN(C(=O)C2CCCCC2)CC1. The molecule has 1 aromatic rings. The van der Waals surface area contributed by atoms with Crippen molar-refractivity contribution < 1.29 is 9.59 Å². The van der Waals surface area contributed by atoms with Crippen LogP contribution in [0.5, 0.6) is 0 Å². The molecule has 0 aromatic carbocycles. The van der Waals surface area contributed by atoms with Crippen LogP contribution in [0, 0.1) is 5.92 Å². The first-order chi connectivity index (χ1) is 10.3. The maximum absolute atomic E-state index is 12.5. The van der Waals surface area contributed by atoms with Gasteiger partial charge in [0.05, 0.1) is 6.20 Å². The number of amides is 2. The zero-order chi connectivity index (χ0) is 14.7. The summed E-state index contributed by atoms with van der Waals surface area (Å²) in [5.41, 5.74) is 0.335. The van der Waals surface area contributed by atoms with Crippen molar-refractivity contribution >= 4 is 11.8 Å². The number of hydrogen-bond acceptors (Lipinski definition) is 4. The molecule has 1 aromatic heterocycles. The Morgan fingerprint density at radius 1 is 1.05 bits per heavy atom. The normalized spacial score (nSPS) is 20.6. The van der Waals surface area contributed by atoms with Gasteiger partial charge in [-0.25, -0.2) is 0 Å². The van der Waals surface area contributed by atoms with E-state index in [1.54, 1.807) is 4.90 Å². The number of nitrogens with zero attached hydrogens (tertiary/aromatic N) is 4. The molecular formula is C14H21N5O2. The van der Waals surface area contributed by atoms with Crippen LogP contribution in [0.25, 0.3) is 0 Å². The van der Waals surface area contributed by atoms with Crippen LogP contribution in [0.15, 0.2) is 6.20 Å². The van der Waals surface area contributed by atoms with Crippen molar-refractivity contribution in [3.8, 4) is 0 Å². The van der Waals surface area contributed by atoms with Crippen LogP contribution >= 0.6 is 0 Å². The van der Waals surface area contributed by atoms with Crippen LogP contribution in [0.2, 0.25) is 0 Å². The second-order valence-electron chi connectivity index (χ2n) is 5.81. The molecule has 2 aliphatic rings. The number of aromatic nitrogens is 3. The van der Waals surface area contributed by atoms with Gasteiger partial charge in [-0.3, -0.25) is 9.59 Å². The van der Waals surface area contributed by atoms with Crippen molar-refractivity contribution in [2.45, 2.75) is 32.1 Å². The largest absolute Gasteiger partial charge is 0.339 e. The summed E-state index contributed by atoms with van der Waals surface area (Å²) in [6.07, 6.45) is 7.07. The highest BCUT2D eigenvalue weighted by molar-refractivity contribution is 5.92. The first kappa shape index (κ1) is 14.0. The molecule has 1 aliphatic heterocycles. The van der Waals surface area contributed by atoms with E-state index in [9.17, 15) is 9.59 Å². The van der Waals surface area contributed by atoms with Crippen molar-refractivity contribution in [2.75, 3.05) is 26.2 Å². The number of aromatic amines is 1. The number of hydrogen-bond donors (Lipinski definition) is 1. The maximum atomic E-state index is 12.5. The summed E-state index contributed by atoms with van der Waals surface area (Å²) in [5, 5.41) is 9.91. The lowest BCUT2D eigenvalue weighted by molar-refractivity contribution is -0.138. The second kappa shape index (κ2) is 6.24. The molecular weight excluding hydrogens is 270 g/mol. The molecule has 7 nitrogen and oxygen atoms in total. The van der Waals surface area contributed by atoms with Crippen LogP contribution < -0.4 is 0 Å². The molecule has 0 bridgehead atoms. The lowest BCUT2D eigenvalue weighted by atomic mass is 9.88. The second-order valence-corrected chi connectivity index (χ2v) is 5.81. The van der Waals surface area contributed by atoms with Gasteiger partial charge < -0.3 is 9.80 Å². The third kappa shape index (κ3) is 3.06. The molecule has 2 heterocycles. The number of carbonyl (C=O) groups excluding carboxylic acids is 2. The van der Waals surface area contributed by atoms with Crippen LogP contribution in [0.1, 0.15) is 42.6 Å². The number of piperazine rings is 1. The fourth-order valence-corrected chi connectivity index (χ4v) is 3.20. The molecule has 2 fully saturated rings. The Balaban J connectivity index is 1.52. The van der Waals surface area contributed by atoms with Crippen molar-refractivity contribution in [2.24, 2.45) is 5.92 Å². The quantitative estimate of drug-likeness (QED) is 0.868. The Labute approximate surface area is 123 Å². The number of carbonyl (C=O) groups is 2. The van der Waals surface area contributed by atoms with E-state index in [1.807, 2.05) is 4.90 Å². The zero-order valence-electron chi connectivity index (χ0n) is 12.1. The zero-order valence-corrected chi connectivity index (χ0v) is 12.1. The average molecular weight is 291 g/mol. The van der Waals surface area contributed by atoms with E-state index >= 15 is 0 Å². The van der Waals surface area contributed by atoms with E-state index in [1.165, 1.54) is 25.5 Å². The monoisotopic (exact) mass is 291 g/mol. The topological polar surface area (TPSA) is 82.2 Å². The number of rotatable bonds is 2. The van der Waals surface area contributed by atoms with Crippen molar-refractivity contribution in [1.29, 1.82) is 0 Å². The number of H-pyrrole nitrogens is 1. The van der Waals surface area contributed by atoms with E-state index in [0.717, 1.165) is 12.8 Å². The van der Waals surface area contributed by atoms with Gasteiger partial charge in [-0.15, -0.1) is 0 Å².